The van der Waals surface area contributed by atoms with Crippen molar-refractivity contribution in [3.05, 3.63) is 40.8 Å². The molecule has 5 atom stereocenters. The van der Waals surface area contributed by atoms with Crippen molar-refractivity contribution in [1.82, 2.24) is 14.8 Å². The Balaban J connectivity index is 1.76. The second-order valence-electron chi connectivity index (χ2n) is 8.85. The van der Waals surface area contributed by atoms with Gasteiger partial charge in [0.05, 0.1) is 27.9 Å². The molecule has 2 unspecified atom stereocenters. The van der Waals surface area contributed by atoms with Crippen molar-refractivity contribution in [1.29, 1.82) is 0 Å². The molecule has 1 aromatic carbocycles. The maximum atomic E-state index is 13.5. The molecule has 3 aliphatic rings. The number of hydrogen-bond acceptors (Lipinski definition) is 7. The molecule has 4 rings (SSSR count). The van der Waals surface area contributed by atoms with E-state index in [1.165, 1.54) is 16.9 Å². The molecule has 3 fully saturated rings. The number of amides is 2. The maximum Gasteiger partial charge on any atom is 0.330 e. The molecule has 0 aliphatic carbocycles. The first kappa shape index (κ1) is 21.4. The second-order valence-corrected chi connectivity index (χ2v) is 11.0. The predicted octanol–water partition coefficient (Wildman–Crippen LogP) is 0.909. The number of methoxy groups -OCH3 is 1. The number of carbonyl (C=O) groups excluding carboxylic acids is 3. The fourth-order valence-corrected chi connectivity index (χ4v) is 6.90. The zero-order valence-electron chi connectivity index (χ0n) is 17.8. The Morgan fingerprint density at radius 2 is 1.71 bits per heavy atom. The Kier molecular flexibility index (Phi) is 4.73. The van der Waals surface area contributed by atoms with E-state index in [1.807, 2.05) is 0 Å². The molecular weight excluding hydrogens is 424 g/mol. The number of nitrogens with zero attached hydrogens (tertiary/aromatic N) is 4. The zero-order chi connectivity index (χ0) is 22.9. The highest BCUT2D eigenvalue weighted by Crippen LogP contribution is 2.50. The summed E-state index contributed by atoms with van der Waals surface area (Å²) >= 11 is 0. The lowest BCUT2D eigenvalue weighted by molar-refractivity contribution is -0.173. The number of carbonyl (C=O) groups is 3. The minimum absolute atomic E-state index is 0.481. The number of hydrogen-bond donors (Lipinski definition) is 0. The molecule has 0 spiro atoms. The number of β-lactam (4-membered cyclic amide) rings is 1. The second kappa shape index (κ2) is 6.84. The van der Waals surface area contributed by atoms with Gasteiger partial charge in [-0.1, -0.05) is 30.3 Å². The summed E-state index contributed by atoms with van der Waals surface area (Å²) in [5.74, 6) is -1.64. The average molecular weight is 449 g/mol. The van der Waals surface area contributed by atoms with Crippen molar-refractivity contribution in [2.75, 3.05) is 7.11 Å². The van der Waals surface area contributed by atoms with Crippen molar-refractivity contribution < 1.29 is 23.3 Å². The molecule has 0 aromatic heterocycles. The summed E-state index contributed by atoms with van der Waals surface area (Å²) < 4.78 is 17.1. The average Bonchev–Trinajstić information content (AvgIpc) is 3.05. The van der Waals surface area contributed by atoms with Gasteiger partial charge in [0.1, 0.15) is 23.1 Å². The molecule has 31 heavy (non-hydrogen) atoms. The third-order valence-electron chi connectivity index (χ3n) is 6.50. The van der Waals surface area contributed by atoms with Gasteiger partial charge in [0, 0.05) is 0 Å². The molecule has 3 heterocycles. The van der Waals surface area contributed by atoms with Gasteiger partial charge in [-0.3, -0.25) is 13.8 Å². The van der Waals surface area contributed by atoms with E-state index in [2.05, 4.69) is 5.29 Å². The molecular formula is C20H24N4O6S. The monoisotopic (exact) mass is 448 g/mol. The summed E-state index contributed by atoms with van der Waals surface area (Å²) in [6.07, 6.45) is 0. The Labute approximate surface area is 181 Å². The summed E-state index contributed by atoms with van der Waals surface area (Å²) in [6, 6.07) is 5.59. The first-order chi connectivity index (χ1) is 14.5. The van der Waals surface area contributed by atoms with Crippen molar-refractivity contribution in [2.45, 2.75) is 61.6 Å². The van der Waals surface area contributed by atoms with Gasteiger partial charge in [-0.25, -0.2) is 9.80 Å². The number of ether oxygens (including phenoxy) is 1. The van der Waals surface area contributed by atoms with E-state index in [1.54, 1.807) is 58.0 Å². The fourth-order valence-electron chi connectivity index (χ4n) is 4.94. The van der Waals surface area contributed by atoms with E-state index in [-0.39, 0.29) is 0 Å². The largest absolute Gasteiger partial charge is 0.467 e. The number of esters is 1. The van der Waals surface area contributed by atoms with Gasteiger partial charge < -0.3 is 14.5 Å². The summed E-state index contributed by atoms with van der Waals surface area (Å²) in [5.41, 5.74) is -0.685. The van der Waals surface area contributed by atoms with Crippen LogP contribution in [-0.2, 0) is 29.9 Å². The fraction of sp³-hybridized carbons (Fsp3) is 0.550. The molecule has 0 radical (unpaired) electrons. The molecule has 1 aromatic rings. The van der Waals surface area contributed by atoms with Crippen LogP contribution in [0.5, 0.6) is 0 Å². The molecule has 3 aliphatic heterocycles. The van der Waals surface area contributed by atoms with Crippen LogP contribution in [0, 0.1) is 4.91 Å². The van der Waals surface area contributed by atoms with Crippen LogP contribution in [0.15, 0.2) is 35.6 Å². The van der Waals surface area contributed by atoms with Crippen molar-refractivity contribution >= 4 is 28.6 Å². The highest BCUT2D eigenvalue weighted by molar-refractivity contribution is 7.87. The minimum Gasteiger partial charge on any atom is -0.467 e. The van der Waals surface area contributed by atoms with E-state index >= 15 is 0 Å². The third kappa shape index (κ3) is 2.61. The number of fused-ring (bicyclic) bond motifs is 1. The van der Waals surface area contributed by atoms with Crippen LogP contribution < -0.4 is 0 Å². The van der Waals surface area contributed by atoms with Crippen molar-refractivity contribution in [3.8, 4) is 0 Å². The smallest absolute Gasteiger partial charge is 0.330 e. The SMILES string of the molecule is COC(=O)[C@@H]1N2C(=O)[C@@H](N3C(=O)C(c4ccccc4)N(N=O)C3(C)C)[C@H]2S(=O)C1(C)C. The molecule has 0 bridgehead atoms. The van der Waals surface area contributed by atoms with Gasteiger partial charge in [0.2, 0.25) is 5.91 Å². The van der Waals surface area contributed by atoms with E-state index in [4.69, 9.17) is 4.74 Å². The van der Waals surface area contributed by atoms with Crippen LogP contribution in [0.1, 0.15) is 39.3 Å². The lowest BCUT2D eigenvalue weighted by Gasteiger charge is -2.50. The first-order valence-corrected chi connectivity index (χ1v) is 11.0. The first-order valence-electron chi connectivity index (χ1n) is 9.83. The Morgan fingerprint density at radius 1 is 1.10 bits per heavy atom. The molecule has 0 N–H and O–H groups in total. The van der Waals surface area contributed by atoms with Crippen LogP contribution in [0.25, 0.3) is 0 Å². The summed E-state index contributed by atoms with van der Waals surface area (Å²) in [7, 11) is -0.444. The molecule has 2 amide bonds. The molecule has 166 valence electrons. The lowest BCUT2D eigenvalue weighted by Crippen LogP contribution is -2.74. The highest BCUT2D eigenvalue weighted by atomic mass is 32.2. The minimum atomic E-state index is -1.65. The lowest BCUT2D eigenvalue weighted by atomic mass is 9.94. The van der Waals surface area contributed by atoms with Gasteiger partial charge >= 0.3 is 5.97 Å². The summed E-state index contributed by atoms with van der Waals surface area (Å²) in [5, 5.41) is 3.35. The van der Waals surface area contributed by atoms with Crippen LogP contribution >= 0.6 is 0 Å². The van der Waals surface area contributed by atoms with E-state index in [9.17, 15) is 23.5 Å². The Bertz CT molecular complexity index is 997. The number of rotatable bonds is 4. The standard InChI is InChI=1S/C20H24N4O6S/c1-19(2)14(18(27)30-5)22-15(25)13(17(22)31(19)29)23-16(26)12(11-9-7-6-8-10-11)24(21-28)20(23,3)4/h6-10,12-14,17H,1-5H3/t12?,13-,14+,17-,31?/m1/s1. The Hall–Kier alpha value is -2.82. The topological polar surface area (TPSA) is 117 Å². The quantitative estimate of drug-likeness (QED) is 0.382. The van der Waals surface area contributed by atoms with Gasteiger partial charge in [-0.15, -0.1) is 4.91 Å². The van der Waals surface area contributed by atoms with Crippen LogP contribution in [0.3, 0.4) is 0 Å². The Morgan fingerprint density at radius 3 is 2.26 bits per heavy atom. The van der Waals surface area contributed by atoms with Crippen LogP contribution in [-0.4, -0.2) is 71.8 Å². The molecule has 3 saturated heterocycles. The number of nitroso groups, excluding NO2 is 1. The van der Waals surface area contributed by atoms with Crippen LogP contribution in [0.2, 0.25) is 0 Å². The van der Waals surface area contributed by atoms with Gasteiger partial charge in [0.25, 0.3) is 5.91 Å². The molecule has 10 nitrogen and oxygen atoms in total. The third-order valence-corrected chi connectivity index (χ3v) is 8.68. The summed E-state index contributed by atoms with van der Waals surface area (Å²) in [4.78, 5) is 53.4. The van der Waals surface area contributed by atoms with E-state index in [0.717, 1.165) is 5.01 Å². The van der Waals surface area contributed by atoms with Crippen molar-refractivity contribution in [2.24, 2.45) is 5.29 Å². The molecule has 0 saturated carbocycles. The number of benzene rings is 1. The highest BCUT2D eigenvalue weighted by Gasteiger charge is 2.72. The van der Waals surface area contributed by atoms with E-state index < -0.39 is 62.5 Å². The maximum absolute atomic E-state index is 13.5. The van der Waals surface area contributed by atoms with Crippen LogP contribution in [0.4, 0.5) is 0 Å². The predicted molar refractivity (Wildman–Crippen MR) is 110 cm³/mol. The van der Waals surface area contributed by atoms with E-state index in [0.29, 0.717) is 5.56 Å². The van der Waals surface area contributed by atoms with Gasteiger partial charge in [0.15, 0.2) is 6.04 Å². The normalized spacial score (nSPS) is 33.2. The molecule has 11 heteroatoms. The zero-order valence-corrected chi connectivity index (χ0v) is 18.7. The summed E-state index contributed by atoms with van der Waals surface area (Å²) in [6.45, 7) is 6.50. The van der Waals surface area contributed by atoms with Gasteiger partial charge in [-0.05, 0) is 33.3 Å². The van der Waals surface area contributed by atoms with Crippen molar-refractivity contribution in [3.63, 3.8) is 0 Å². The van der Waals surface area contributed by atoms with Gasteiger partial charge in [-0.2, -0.15) is 0 Å².